The van der Waals surface area contributed by atoms with E-state index in [2.05, 4.69) is 15.4 Å². The quantitative estimate of drug-likeness (QED) is 0.498. The highest BCUT2D eigenvalue weighted by atomic mass is 16.5. The van der Waals surface area contributed by atoms with E-state index in [-0.39, 0.29) is 13.2 Å². The van der Waals surface area contributed by atoms with Crippen LogP contribution in [0.3, 0.4) is 0 Å². The SMILES string of the molecule is COCC(C)(O)CNC(=O)C(=O)Nc1ccc(C(=O)OC)cc1. The lowest BCUT2D eigenvalue weighted by atomic mass is 10.1. The van der Waals surface area contributed by atoms with Crippen LogP contribution in [-0.4, -0.2) is 55.9 Å². The molecule has 1 aromatic rings. The lowest BCUT2D eigenvalue weighted by molar-refractivity contribution is -0.137. The van der Waals surface area contributed by atoms with E-state index in [1.54, 1.807) is 0 Å². The lowest BCUT2D eigenvalue weighted by Crippen LogP contribution is -2.46. The van der Waals surface area contributed by atoms with Gasteiger partial charge in [-0.25, -0.2) is 4.79 Å². The molecule has 0 saturated carbocycles. The number of amides is 2. The van der Waals surface area contributed by atoms with Gasteiger partial charge in [0.25, 0.3) is 0 Å². The summed E-state index contributed by atoms with van der Waals surface area (Å²) in [5.74, 6) is -2.27. The monoisotopic (exact) mass is 324 g/mol. The van der Waals surface area contributed by atoms with Crippen LogP contribution in [0.15, 0.2) is 24.3 Å². The fourth-order valence-corrected chi connectivity index (χ4v) is 1.71. The lowest BCUT2D eigenvalue weighted by Gasteiger charge is -2.22. The molecule has 2 amide bonds. The predicted octanol–water partition coefficient (Wildman–Crippen LogP) is -0.0747. The largest absolute Gasteiger partial charge is 0.465 e. The number of carbonyl (C=O) groups excluding carboxylic acids is 3. The van der Waals surface area contributed by atoms with Crippen molar-refractivity contribution in [3.8, 4) is 0 Å². The van der Waals surface area contributed by atoms with Gasteiger partial charge >= 0.3 is 17.8 Å². The van der Waals surface area contributed by atoms with Crippen molar-refractivity contribution in [1.82, 2.24) is 5.32 Å². The molecule has 1 rings (SSSR count). The van der Waals surface area contributed by atoms with Gasteiger partial charge in [-0.2, -0.15) is 0 Å². The van der Waals surface area contributed by atoms with Crippen LogP contribution in [0, 0.1) is 0 Å². The molecule has 0 aliphatic heterocycles. The fourth-order valence-electron chi connectivity index (χ4n) is 1.71. The van der Waals surface area contributed by atoms with Gasteiger partial charge < -0.3 is 25.2 Å². The Labute approximate surface area is 133 Å². The molecule has 0 saturated heterocycles. The average molecular weight is 324 g/mol. The molecule has 0 aromatic heterocycles. The summed E-state index contributed by atoms with van der Waals surface area (Å²) >= 11 is 0. The van der Waals surface area contributed by atoms with Crippen LogP contribution in [0.1, 0.15) is 17.3 Å². The molecule has 1 unspecified atom stereocenters. The van der Waals surface area contributed by atoms with E-state index in [1.807, 2.05) is 0 Å². The molecule has 126 valence electrons. The molecule has 0 spiro atoms. The van der Waals surface area contributed by atoms with Crippen LogP contribution in [0.25, 0.3) is 0 Å². The highest BCUT2D eigenvalue weighted by Crippen LogP contribution is 2.10. The second-order valence-corrected chi connectivity index (χ2v) is 5.14. The zero-order valence-electron chi connectivity index (χ0n) is 13.2. The minimum Gasteiger partial charge on any atom is -0.465 e. The Kier molecular flexibility index (Phi) is 6.67. The second kappa shape index (κ2) is 8.25. The maximum Gasteiger partial charge on any atom is 0.337 e. The molecule has 0 heterocycles. The maximum absolute atomic E-state index is 11.7. The average Bonchev–Trinajstić information content (AvgIpc) is 2.52. The predicted molar refractivity (Wildman–Crippen MR) is 81.9 cm³/mol. The van der Waals surface area contributed by atoms with E-state index in [9.17, 15) is 19.5 Å². The van der Waals surface area contributed by atoms with Crippen molar-refractivity contribution in [3.05, 3.63) is 29.8 Å². The second-order valence-electron chi connectivity index (χ2n) is 5.14. The number of hydrogen-bond acceptors (Lipinski definition) is 6. The molecule has 0 aliphatic rings. The highest BCUT2D eigenvalue weighted by Gasteiger charge is 2.23. The van der Waals surface area contributed by atoms with Crippen molar-refractivity contribution in [3.63, 3.8) is 0 Å². The molecule has 0 radical (unpaired) electrons. The standard InChI is InChI=1S/C15H20N2O6/c1-15(21,9-22-2)8-16-12(18)13(19)17-11-6-4-10(5-7-11)14(20)23-3/h4-7,21H,8-9H2,1-3H3,(H,16,18)(H,17,19). The highest BCUT2D eigenvalue weighted by molar-refractivity contribution is 6.39. The van der Waals surface area contributed by atoms with Gasteiger partial charge in [-0.1, -0.05) is 0 Å². The molecule has 23 heavy (non-hydrogen) atoms. The van der Waals surface area contributed by atoms with Gasteiger partial charge in [0.05, 0.1) is 19.3 Å². The van der Waals surface area contributed by atoms with Gasteiger partial charge in [-0.15, -0.1) is 0 Å². The van der Waals surface area contributed by atoms with Crippen molar-refractivity contribution < 1.29 is 29.0 Å². The summed E-state index contributed by atoms with van der Waals surface area (Å²) in [4.78, 5) is 34.7. The van der Waals surface area contributed by atoms with Crippen LogP contribution < -0.4 is 10.6 Å². The third kappa shape index (κ3) is 6.05. The van der Waals surface area contributed by atoms with Crippen molar-refractivity contribution in [2.24, 2.45) is 0 Å². The first kappa shape index (κ1) is 18.6. The van der Waals surface area contributed by atoms with Crippen molar-refractivity contribution in [2.45, 2.75) is 12.5 Å². The van der Waals surface area contributed by atoms with E-state index in [0.717, 1.165) is 0 Å². The number of hydrogen-bond donors (Lipinski definition) is 3. The Hall–Kier alpha value is -2.45. The van der Waals surface area contributed by atoms with E-state index in [1.165, 1.54) is 45.4 Å². The van der Waals surface area contributed by atoms with E-state index < -0.39 is 23.4 Å². The van der Waals surface area contributed by atoms with Gasteiger partial charge in [0.1, 0.15) is 5.60 Å². The molecule has 8 heteroatoms. The topological polar surface area (TPSA) is 114 Å². The zero-order valence-corrected chi connectivity index (χ0v) is 13.2. The Morgan fingerprint density at radius 1 is 1.13 bits per heavy atom. The summed E-state index contributed by atoms with van der Waals surface area (Å²) in [5.41, 5.74) is -0.598. The van der Waals surface area contributed by atoms with Crippen LogP contribution in [0.4, 0.5) is 5.69 Å². The Morgan fingerprint density at radius 3 is 2.26 bits per heavy atom. The van der Waals surface area contributed by atoms with Gasteiger partial charge in [0.15, 0.2) is 0 Å². The van der Waals surface area contributed by atoms with Crippen molar-refractivity contribution in [1.29, 1.82) is 0 Å². The number of anilines is 1. The minimum absolute atomic E-state index is 0.0177. The van der Waals surface area contributed by atoms with Crippen LogP contribution in [0.2, 0.25) is 0 Å². The number of benzene rings is 1. The van der Waals surface area contributed by atoms with Gasteiger partial charge in [0.2, 0.25) is 0 Å². The number of aliphatic hydroxyl groups is 1. The molecule has 1 atom stereocenters. The van der Waals surface area contributed by atoms with Gasteiger partial charge in [-0.05, 0) is 31.2 Å². The number of carbonyl (C=O) groups is 3. The Balaban J connectivity index is 2.55. The molecule has 0 aliphatic carbocycles. The van der Waals surface area contributed by atoms with E-state index in [0.29, 0.717) is 11.3 Å². The number of ether oxygens (including phenoxy) is 2. The van der Waals surface area contributed by atoms with Gasteiger partial charge in [-0.3, -0.25) is 9.59 Å². The fraction of sp³-hybridized carbons (Fsp3) is 0.400. The third-order valence-corrected chi connectivity index (χ3v) is 2.86. The van der Waals surface area contributed by atoms with Crippen LogP contribution in [-0.2, 0) is 19.1 Å². The van der Waals surface area contributed by atoms with E-state index >= 15 is 0 Å². The van der Waals surface area contributed by atoms with Crippen LogP contribution in [0.5, 0.6) is 0 Å². The summed E-state index contributed by atoms with van der Waals surface area (Å²) in [6, 6.07) is 5.86. The summed E-state index contributed by atoms with van der Waals surface area (Å²) in [6.45, 7) is 1.36. The Morgan fingerprint density at radius 2 is 1.74 bits per heavy atom. The third-order valence-electron chi connectivity index (χ3n) is 2.86. The summed E-state index contributed by atoms with van der Waals surface area (Å²) in [6.07, 6.45) is 0. The zero-order chi connectivity index (χ0) is 17.5. The van der Waals surface area contributed by atoms with Crippen LogP contribution >= 0.6 is 0 Å². The normalized spacial score (nSPS) is 12.9. The number of rotatable bonds is 6. The maximum atomic E-state index is 11.7. The van der Waals surface area contributed by atoms with Crippen molar-refractivity contribution in [2.75, 3.05) is 32.7 Å². The molecule has 3 N–H and O–H groups in total. The summed E-state index contributed by atoms with van der Waals surface area (Å²) in [5, 5.41) is 14.5. The van der Waals surface area contributed by atoms with Crippen molar-refractivity contribution >= 4 is 23.5 Å². The van der Waals surface area contributed by atoms with E-state index in [4.69, 9.17) is 4.74 Å². The molecule has 0 bridgehead atoms. The molecule has 8 nitrogen and oxygen atoms in total. The smallest absolute Gasteiger partial charge is 0.337 e. The number of esters is 1. The Bertz CT molecular complexity index is 568. The molecule has 1 aromatic carbocycles. The molecular formula is C15H20N2O6. The first-order valence-electron chi connectivity index (χ1n) is 6.78. The first-order chi connectivity index (χ1) is 10.8. The number of methoxy groups -OCH3 is 2. The summed E-state index contributed by atoms with van der Waals surface area (Å²) in [7, 11) is 2.68. The minimum atomic E-state index is -1.27. The summed E-state index contributed by atoms with van der Waals surface area (Å²) < 4.78 is 9.35. The van der Waals surface area contributed by atoms with Gasteiger partial charge in [0, 0.05) is 19.3 Å². The number of nitrogens with one attached hydrogen (secondary N) is 2. The first-order valence-corrected chi connectivity index (χ1v) is 6.78. The molecule has 0 fully saturated rings. The molecular weight excluding hydrogens is 304 g/mol.